The summed E-state index contributed by atoms with van der Waals surface area (Å²) in [6.45, 7) is 6.95. The molecule has 2 unspecified atom stereocenters. The van der Waals surface area contributed by atoms with Crippen molar-refractivity contribution in [1.29, 1.82) is 0 Å². The lowest BCUT2D eigenvalue weighted by Gasteiger charge is -2.38. The molecule has 5 nitrogen and oxygen atoms in total. The second kappa shape index (κ2) is 7.41. The fourth-order valence-electron chi connectivity index (χ4n) is 2.95. The molecule has 2 heterocycles. The second-order valence-corrected chi connectivity index (χ2v) is 5.71. The number of nitrogens with one attached hydrogen (secondary N) is 2. The molecule has 1 fully saturated rings. The van der Waals surface area contributed by atoms with Gasteiger partial charge in [0.05, 0.1) is 5.56 Å². The molecule has 1 aliphatic rings. The number of aromatic nitrogens is 1. The molecule has 5 heteroatoms. The number of amides is 1. The number of piperidine rings is 1. The minimum absolute atomic E-state index is 0.0126. The van der Waals surface area contributed by atoms with Gasteiger partial charge in [-0.25, -0.2) is 0 Å². The molecule has 1 aromatic heterocycles. The van der Waals surface area contributed by atoms with Crippen LogP contribution >= 0.6 is 0 Å². The zero-order valence-corrected chi connectivity index (χ0v) is 12.9. The van der Waals surface area contributed by atoms with Crippen LogP contribution in [0.2, 0.25) is 0 Å². The zero-order valence-electron chi connectivity index (χ0n) is 12.9. The fourth-order valence-corrected chi connectivity index (χ4v) is 2.95. The molecule has 0 bridgehead atoms. The van der Waals surface area contributed by atoms with Crippen LogP contribution in [-0.2, 0) is 0 Å². The highest BCUT2D eigenvalue weighted by Gasteiger charge is 2.30. The molecule has 1 amide bonds. The summed E-state index contributed by atoms with van der Waals surface area (Å²) >= 11 is 0. The van der Waals surface area contributed by atoms with Crippen LogP contribution in [0, 0.1) is 5.92 Å². The van der Waals surface area contributed by atoms with Gasteiger partial charge < -0.3 is 15.2 Å². The quantitative estimate of drug-likeness (QED) is 0.866. The molecule has 1 saturated heterocycles. The Hall–Kier alpha value is -1.62. The Balaban J connectivity index is 2.00. The molecule has 0 aliphatic carbocycles. The van der Waals surface area contributed by atoms with Crippen molar-refractivity contribution in [3.05, 3.63) is 34.2 Å². The van der Waals surface area contributed by atoms with E-state index in [1.165, 1.54) is 12.3 Å². The topological polar surface area (TPSA) is 65.2 Å². The number of nitrogens with zero attached hydrogens (tertiary/aromatic N) is 1. The minimum Gasteiger partial charge on any atom is -0.338 e. The van der Waals surface area contributed by atoms with Gasteiger partial charge in [-0.05, 0) is 31.4 Å². The van der Waals surface area contributed by atoms with Crippen molar-refractivity contribution in [3.8, 4) is 0 Å². The van der Waals surface area contributed by atoms with E-state index in [-0.39, 0.29) is 11.5 Å². The molecule has 0 saturated carbocycles. The molecule has 1 aliphatic heterocycles. The Kier molecular flexibility index (Phi) is 5.56. The van der Waals surface area contributed by atoms with Gasteiger partial charge in [0.1, 0.15) is 0 Å². The highest BCUT2D eigenvalue weighted by molar-refractivity contribution is 5.93. The largest absolute Gasteiger partial charge is 0.338 e. The maximum Gasteiger partial charge on any atom is 0.255 e. The van der Waals surface area contributed by atoms with Gasteiger partial charge >= 0.3 is 0 Å². The van der Waals surface area contributed by atoms with E-state index < -0.39 is 0 Å². The number of carbonyl (C=O) groups is 1. The number of hydrogen-bond donors (Lipinski definition) is 2. The van der Waals surface area contributed by atoms with Crippen LogP contribution in [0.3, 0.4) is 0 Å². The van der Waals surface area contributed by atoms with Crippen LogP contribution in [-0.4, -0.2) is 41.5 Å². The molecular formula is C16H25N3O2. The molecule has 1 aromatic rings. The van der Waals surface area contributed by atoms with E-state index in [1.54, 1.807) is 6.07 Å². The first-order valence-corrected chi connectivity index (χ1v) is 7.87. The van der Waals surface area contributed by atoms with E-state index in [4.69, 9.17) is 0 Å². The number of H-pyrrole nitrogens is 1. The van der Waals surface area contributed by atoms with Gasteiger partial charge in [0.25, 0.3) is 5.91 Å². The third-order valence-corrected chi connectivity index (χ3v) is 4.23. The monoisotopic (exact) mass is 291 g/mol. The molecule has 0 aromatic carbocycles. The number of hydrogen-bond acceptors (Lipinski definition) is 3. The van der Waals surface area contributed by atoms with Gasteiger partial charge in [-0.1, -0.05) is 20.3 Å². The van der Waals surface area contributed by atoms with Crippen LogP contribution in [0.25, 0.3) is 0 Å². The highest BCUT2D eigenvalue weighted by atomic mass is 16.2. The molecule has 2 atom stereocenters. The summed E-state index contributed by atoms with van der Waals surface area (Å²) in [6, 6.07) is 3.51. The van der Waals surface area contributed by atoms with Gasteiger partial charge in [0.2, 0.25) is 5.56 Å². The maximum absolute atomic E-state index is 12.5. The van der Waals surface area contributed by atoms with E-state index in [0.29, 0.717) is 17.5 Å². The molecule has 116 valence electrons. The van der Waals surface area contributed by atoms with Crippen molar-refractivity contribution in [2.45, 2.75) is 39.2 Å². The van der Waals surface area contributed by atoms with Crippen molar-refractivity contribution in [3.63, 3.8) is 0 Å². The minimum atomic E-state index is -0.180. The number of pyridine rings is 1. The number of aromatic amines is 1. The van der Waals surface area contributed by atoms with Crippen molar-refractivity contribution < 1.29 is 4.79 Å². The van der Waals surface area contributed by atoms with Crippen molar-refractivity contribution >= 4 is 5.91 Å². The van der Waals surface area contributed by atoms with E-state index in [2.05, 4.69) is 24.1 Å². The third-order valence-electron chi connectivity index (χ3n) is 4.23. The predicted molar refractivity (Wildman–Crippen MR) is 83.4 cm³/mol. The first kappa shape index (κ1) is 15.8. The highest BCUT2D eigenvalue weighted by Crippen LogP contribution is 2.21. The third kappa shape index (κ3) is 3.94. The summed E-state index contributed by atoms with van der Waals surface area (Å²) in [6.07, 6.45) is 4.70. The molecule has 2 N–H and O–H groups in total. The molecule has 0 radical (unpaired) electrons. The van der Waals surface area contributed by atoms with Crippen molar-refractivity contribution in [2.75, 3.05) is 19.6 Å². The van der Waals surface area contributed by atoms with Crippen molar-refractivity contribution in [1.82, 2.24) is 15.2 Å². The lowest BCUT2D eigenvalue weighted by Crippen LogP contribution is -2.51. The first-order chi connectivity index (χ1) is 10.2. The molecular weight excluding hydrogens is 266 g/mol. The lowest BCUT2D eigenvalue weighted by atomic mass is 9.89. The molecule has 21 heavy (non-hydrogen) atoms. The van der Waals surface area contributed by atoms with E-state index >= 15 is 0 Å². The Bertz CT molecular complexity index is 506. The summed E-state index contributed by atoms with van der Waals surface area (Å²) in [5.74, 6) is 0.510. The summed E-state index contributed by atoms with van der Waals surface area (Å²) in [7, 11) is 0. The van der Waals surface area contributed by atoms with E-state index in [1.807, 2.05) is 4.90 Å². The predicted octanol–water partition coefficient (Wildman–Crippen LogP) is 1.62. The van der Waals surface area contributed by atoms with Crippen LogP contribution < -0.4 is 10.9 Å². The smallest absolute Gasteiger partial charge is 0.255 e. The Morgan fingerprint density at radius 3 is 2.86 bits per heavy atom. The van der Waals surface area contributed by atoms with Gasteiger partial charge in [0, 0.05) is 31.4 Å². The van der Waals surface area contributed by atoms with Gasteiger partial charge in [-0.3, -0.25) is 9.59 Å². The lowest BCUT2D eigenvalue weighted by molar-refractivity contribution is 0.0626. The number of rotatable bonds is 5. The Labute approximate surface area is 125 Å². The first-order valence-electron chi connectivity index (χ1n) is 7.87. The van der Waals surface area contributed by atoms with Gasteiger partial charge in [-0.15, -0.1) is 0 Å². The zero-order chi connectivity index (χ0) is 15.2. The standard InChI is InChI=1S/C16H25N3O2/c1-3-8-17-14-7-9-19(11-12(14)4-2)16(21)13-5-6-15(20)18-10-13/h5-6,10,12,14,17H,3-4,7-9,11H2,1-2H3,(H,18,20). The number of carbonyl (C=O) groups excluding carboxylic acids is 1. The van der Waals surface area contributed by atoms with Crippen LogP contribution in [0.15, 0.2) is 23.1 Å². The van der Waals surface area contributed by atoms with Crippen LogP contribution in [0.1, 0.15) is 43.5 Å². The Morgan fingerprint density at radius 1 is 1.43 bits per heavy atom. The summed E-state index contributed by atoms with van der Waals surface area (Å²) in [5.41, 5.74) is 0.380. The fraction of sp³-hybridized carbons (Fsp3) is 0.625. The Morgan fingerprint density at radius 2 is 2.24 bits per heavy atom. The van der Waals surface area contributed by atoms with Crippen LogP contribution in [0.5, 0.6) is 0 Å². The second-order valence-electron chi connectivity index (χ2n) is 5.71. The summed E-state index contributed by atoms with van der Waals surface area (Å²) < 4.78 is 0. The molecule has 2 rings (SSSR count). The number of likely N-dealkylation sites (tertiary alicyclic amines) is 1. The van der Waals surface area contributed by atoms with Gasteiger partial charge in [0.15, 0.2) is 0 Å². The molecule has 0 spiro atoms. The van der Waals surface area contributed by atoms with E-state index in [9.17, 15) is 9.59 Å². The SMILES string of the molecule is CCCNC1CCN(C(=O)c2ccc(=O)[nH]c2)CC1CC. The normalized spacial score (nSPS) is 22.3. The summed E-state index contributed by atoms with van der Waals surface area (Å²) in [5, 5.41) is 3.59. The average Bonchev–Trinajstić information content (AvgIpc) is 2.52. The van der Waals surface area contributed by atoms with Crippen LogP contribution in [0.4, 0.5) is 0 Å². The maximum atomic E-state index is 12.5. The van der Waals surface area contributed by atoms with Gasteiger partial charge in [-0.2, -0.15) is 0 Å². The van der Waals surface area contributed by atoms with E-state index in [0.717, 1.165) is 38.9 Å². The average molecular weight is 291 g/mol. The summed E-state index contributed by atoms with van der Waals surface area (Å²) in [4.78, 5) is 28.0. The van der Waals surface area contributed by atoms with Crippen molar-refractivity contribution in [2.24, 2.45) is 5.92 Å².